The first-order valence-electron chi connectivity index (χ1n) is 5.77. The second-order valence-electron chi connectivity index (χ2n) is 5.50. The van der Waals surface area contributed by atoms with Crippen LogP contribution >= 0.6 is 0 Å². The fraction of sp³-hybridized carbons (Fsp3) is 0.615. The van der Waals surface area contributed by atoms with Crippen LogP contribution in [0, 0.1) is 17.4 Å². The van der Waals surface area contributed by atoms with Crippen molar-refractivity contribution in [3.8, 4) is 11.5 Å². The maximum Gasteiger partial charge on any atom is 0.312 e. The van der Waals surface area contributed by atoms with Crippen molar-refractivity contribution < 1.29 is 14.6 Å². The Morgan fingerprint density at radius 1 is 1.53 bits per heavy atom. The Bertz CT molecular complexity index is 384. The lowest BCUT2D eigenvalue weighted by Crippen LogP contribution is -2.35. The van der Waals surface area contributed by atoms with Gasteiger partial charge in [0.05, 0.1) is 13.0 Å². The van der Waals surface area contributed by atoms with Crippen LogP contribution in [0.1, 0.15) is 12.8 Å². The first kappa shape index (κ1) is 14.0. The highest BCUT2D eigenvalue weighted by molar-refractivity contribution is 6.83. The van der Waals surface area contributed by atoms with E-state index in [4.69, 9.17) is 0 Å². The highest BCUT2D eigenvalue weighted by Crippen LogP contribution is 2.28. The van der Waals surface area contributed by atoms with Gasteiger partial charge in [0.2, 0.25) is 0 Å². The van der Waals surface area contributed by atoms with Crippen LogP contribution < -0.4 is 0 Å². The second-order valence-corrected chi connectivity index (χ2v) is 10.2. The number of carbonyl (C=O) groups is 1. The van der Waals surface area contributed by atoms with Crippen molar-refractivity contribution >= 4 is 14.0 Å². The number of hydrogen-bond acceptors (Lipinski definition) is 3. The van der Waals surface area contributed by atoms with Crippen LogP contribution in [0.4, 0.5) is 0 Å². The standard InChI is InChI=1S/C13H20O3Si/c1-16-12(14)11-6-5-7-13(15,10-11)8-9-17(2,3)4/h5-6,11,15H,7,10H2,1-4H3. The van der Waals surface area contributed by atoms with Crippen LogP contribution in [-0.2, 0) is 9.53 Å². The summed E-state index contributed by atoms with van der Waals surface area (Å²) in [5.74, 6) is 2.26. The Kier molecular flexibility index (Phi) is 4.18. The average molecular weight is 252 g/mol. The molecule has 0 amide bonds. The van der Waals surface area contributed by atoms with Crippen molar-refractivity contribution in [2.45, 2.75) is 38.1 Å². The lowest BCUT2D eigenvalue weighted by Gasteiger charge is -2.28. The minimum Gasteiger partial charge on any atom is -0.469 e. The van der Waals surface area contributed by atoms with Crippen LogP contribution in [0.15, 0.2) is 12.2 Å². The van der Waals surface area contributed by atoms with E-state index in [2.05, 4.69) is 35.8 Å². The van der Waals surface area contributed by atoms with E-state index in [1.54, 1.807) is 6.08 Å². The molecule has 0 fully saturated rings. The third-order valence-corrected chi connectivity index (χ3v) is 3.43. The molecule has 4 heteroatoms. The van der Waals surface area contributed by atoms with E-state index in [-0.39, 0.29) is 11.9 Å². The van der Waals surface area contributed by atoms with E-state index in [1.807, 2.05) is 6.08 Å². The molecule has 0 spiro atoms. The van der Waals surface area contributed by atoms with Crippen molar-refractivity contribution in [2.75, 3.05) is 7.11 Å². The maximum absolute atomic E-state index is 11.4. The smallest absolute Gasteiger partial charge is 0.312 e. The number of esters is 1. The van der Waals surface area contributed by atoms with Crippen molar-refractivity contribution in [1.82, 2.24) is 0 Å². The maximum atomic E-state index is 11.4. The van der Waals surface area contributed by atoms with Gasteiger partial charge in [-0.3, -0.25) is 4.79 Å². The van der Waals surface area contributed by atoms with Crippen LogP contribution in [0.3, 0.4) is 0 Å². The molecule has 0 radical (unpaired) electrons. The van der Waals surface area contributed by atoms with Crippen molar-refractivity contribution in [1.29, 1.82) is 0 Å². The molecule has 0 saturated carbocycles. The minimum absolute atomic E-state index is 0.311. The van der Waals surface area contributed by atoms with Gasteiger partial charge in [0, 0.05) is 12.8 Å². The van der Waals surface area contributed by atoms with Gasteiger partial charge in [0.15, 0.2) is 0 Å². The van der Waals surface area contributed by atoms with E-state index in [9.17, 15) is 9.90 Å². The molecule has 1 rings (SSSR count). The monoisotopic (exact) mass is 252 g/mol. The van der Waals surface area contributed by atoms with Crippen LogP contribution in [0.2, 0.25) is 19.6 Å². The molecule has 94 valence electrons. The third-order valence-electron chi connectivity index (χ3n) is 2.56. The molecule has 1 aliphatic rings. The normalized spacial score (nSPS) is 28.2. The fourth-order valence-corrected chi connectivity index (χ4v) is 2.27. The summed E-state index contributed by atoms with van der Waals surface area (Å²) in [6.45, 7) is 6.37. The molecule has 0 aromatic carbocycles. The van der Waals surface area contributed by atoms with Gasteiger partial charge in [-0.2, -0.15) is 0 Å². The Labute approximate surface area is 104 Å². The zero-order chi connectivity index (χ0) is 13.1. The summed E-state index contributed by atoms with van der Waals surface area (Å²) in [7, 11) is -0.148. The second kappa shape index (κ2) is 5.07. The molecular weight excluding hydrogens is 232 g/mol. The Balaban J connectivity index is 2.82. The number of hydrogen-bond donors (Lipinski definition) is 1. The summed E-state index contributed by atoms with van der Waals surface area (Å²) < 4.78 is 4.69. The van der Waals surface area contributed by atoms with Crippen molar-refractivity contribution in [2.24, 2.45) is 5.92 Å². The molecule has 0 aliphatic heterocycles. The fourth-order valence-electron chi connectivity index (χ4n) is 1.66. The van der Waals surface area contributed by atoms with Gasteiger partial charge in [-0.1, -0.05) is 37.7 Å². The van der Waals surface area contributed by atoms with Crippen molar-refractivity contribution in [3.05, 3.63) is 12.2 Å². The number of rotatable bonds is 1. The number of carbonyl (C=O) groups excluding carboxylic acids is 1. The van der Waals surface area contributed by atoms with E-state index in [0.717, 1.165) is 0 Å². The molecule has 0 heterocycles. The quantitative estimate of drug-likeness (QED) is 0.335. The molecule has 0 aromatic rings. The first-order valence-corrected chi connectivity index (χ1v) is 9.27. The molecule has 2 unspecified atom stereocenters. The first-order chi connectivity index (χ1) is 7.76. The summed E-state index contributed by atoms with van der Waals surface area (Å²) in [5.41, 5.74) is 2.09. The highest BCUT2D eigenvalue weighted by Gasteiger charge is 2.33. The molecular formula is C13H20O3Si. The van der Waals surface area contributed by atoms with Gasteiger partial charge in [0.1, 0.15) is 13.7 Å². The summed E-state index contributed by atoms with van der Waals surface area (Å²) in [6, 6.07) is 0. The lowest BCUT2D eigenvalue weighted by atomic mass is 9.83. The SMILES string of the molecule is COC(=O)C1C=CCC(O)(C#C[Si](C)(C)C)C1. The van der Waals surface area contributed by atoms with Gasteiger partial charge < -0.3 is 9.84 Å². The average Bonchev–Trinajstić information content (AvgIpc) is 2.25. The number of methoxy groups -OCH3 is 1. The van der Waals surface area contributed by atoms with E-state index < -0.39 is 13.7 Å². The molecule has 0 aromatic heterocycles. The highest BCUT2D eigenvalue weighted by atomic mass is 28.3. The Morgan fingerprint density at radius 2 is 2.18 bits per heavy atom. The largest absolute Gasteiger partial charge is 0.469 e. The Morgan fingerprint density at radius 3 is 2.71 bits per heavy atom. The zero-order valence-corrected chi connectivity index (χ0v) is 11.9. The van der Waals surface area contributed by atoms with Gasteiger partial charge >= 0.3 is 5.97 Å². The van der Waals surface area contributed by atoms with Crippen molar-refractivity contribution in [3.63, 3.8) is 0 Å². The minimum atomic E-state index is -1.51. The molecule has 2 atom stereocenters. The summed E-state index contributed by atoms with van der Waals surface area (Å²) >= 11 is 0. The van der Waals surface area contributed by atoms with Crippen LogP contribution in [0.25, 0.3) is 0 Å². The molecule has 1 N–H and O–H groups in total. The van der Waals surface area contributed by atoms with Gasteiger partial charge in [-0.15, -0.1) is 5.54 Å². The molecule has 0 bridgehead atoms. The topological polar surface area (TPSA) is 46.5 Å². The van der Waals surface area contributed by atoms with E-state index in [1.165, 1.54) is 7.11 Å². The third kappa shape index (κ3) is 4.37. The van der Waals surface area contributed by atoms with Crippen LogP contribution in [0.5, 0.6) is 0 Å². The summed E-state index contributed by atoms with van der Waals surface area (Å²) in [6.07, 6.45) is 4.41. The summed E-state index contributed by atoms with van der Waals surface area (Å²) in [5, 5.41) is 10.3. The predicted molar refractivity (Wildman–Crippen MR) is 70.0 cm³/mol. The van der Waals surface area contributed by atoms with Gasteiger partial charge in [-0.05, 0) is 0 Å². The molecule has 17 heavy (non-hydrogen) atoms. The van der Waals surface area contributed by atoms with Gasteiger partial charge in [-0.25, -0.2) is 0 Å². The Hall–Kier alpha value is -1.05. The van der Waals surface area contributed by atoms with E-state index >= 15 is 0 Å². The molecule has 3 nitrogen and oxygen atoms in total. The van der Waals surface area contributed by atoms with Crippen LogP contribution in [-0.4, -0.2) is 31.9 Å². The zero-order valence-electron chi connectivity index (χ0n) is 10.9. The lowest BCUT2D eigenvalue weighted by molar-refractivity contribution is -0.145. The van der Waals surface area contributed by atoms with Gasteiger partial charge in [0.25, 0.3) is 0 Å². The van der Waals surface area contributed by atoms with E-state index in [0.29, 0.717) is 12.8 Å². The molecule has 0 saturated heterocycles. The number of aliphatic hydroxyl groups is 1. The summed E-state index contributed by atoms with van der Waals surface area (Å²) in [4.78, 5) is 11.4. The number of ether oxygens (including phenoxy) is 1. The predicted octanol–water partition coefficient (Wildman–Crippen LogP) is 1.74. The molecule has 1 aliphatic carbocycles.